The highest BCUT2D eigenvalue weighted by Crippen LogP contribution is 2.12. The zero-order valence-corrected chi connectivity index (χ0v) is 12.5. The van der Waals surface area contributed by atoms with Crippen LogP contribution in [0.1, 0.15) is 35.0 Å². The molecule has 2 rings (SSSR count). The van der Waals surface area contributed by atoms with Gasteiger partial charge in [0.1, 0.15) is 12.4 Å². The molecule has 0 spiro atoms. The topological polar surface area (TPSA) is 85.0 Å². The summed E-state index contributed by atoms with van der Waals surface area (Å²) in [7, 11) is 0. The lowest BCUT2D eigenvalue weighted by molar-refractivity contribution is 0.0458. The van der Waals surface area contributed by atoms with Crippen LogP contribution in [-0.4, -0.2) is 15.7 Å². The van der Waals surface area contributed by atoms with Gasteiger partial charge >= 0.3 is 5.97 Å². The van der Waals surface area contributed by atoms with Gasteiger partial charge in [-0.3, -0.25) is 4.79 Å². The van der Waals surface area contributed by atoms with Crippen molar-refractivity contribution in [3.05, 3.63) is 63.3 Å². The zero-order chi connectivity index (χ0) is 16.8. The smallest absolute Gasteiger partial charge is 0.359 e. The van der Waals surface area contributed by atoms with Crippen molar-refractivity contribution in [2.75, 3.05) is 0 Å². The predicted molar refractivity (Wildman–Crippen MR) is 79.0 cm³/mol. The van der Waals surface area contributed by atoms with Gasteiger partial charge in [-0.1, -0.05) is 6.92 Å². The Kier molecular flexibility index (Phi) is 5.20. The summed E-state index contributed by atoms with van der Waals surface area (Å²) in [6, 6.07) is 8.17. The molecule has 0 amide bonds. The number of halogens is 1. The fraction of sp³-hybridized carbons (Fsp3) is 0.250. The van der Waals surface area contributed by atoms with E-state index in [1.165, 1.54) is 28.9 Å². The Labute approximate surface area is 131 Å². The second-order valence-electron chi connectivity index (χ2n) is 4.77. The largest absolute Gasteiger partial charge is 0.456 e. The highest BCUT2D eigenvalue weighted by atomic mass is 19.1. The van der Waals surface area contributed by atoms with Crippen LogP contribution in [0.4, 0.5) is 4.39 Å². The average molecular weight is 315 g/mol. The number of hydrogen-bond acceptors (Lipinski definition) is 5. The van der Waals surface area contributed by atoms with Gasteiger partial charge in [-0.15, -0.1) is 0 Å². The number of rotatable bonds is 5. The Hall–Kier alpha value is -3.01. The number of nitrogens with zero attached hydrogens (tertiary/aromatic N) is 3. The van der Waals surface area contributed by atoms with Crippen LogP contribution in [0.3, 0.4) is 0 Å². The Bertz CT molecular complexity index is 824. The lowest BCUT2D eigenvalue weighted by atomic mass is 10.1. The zero-order valence-electron chi connectivity index (χ0n) is 12.5. The van der Waals surface area contributed by atoms with Gasteiger partial charge in [0.25, 0.3) is 5.56 Å². The van der Waals surface area contributed by atoms with Crippen molar-refractivity contribution in [3.8, 4) is 6.07 Å². The molecule has 0 aliphatic rings. The van der Waals surface area contributed by atoms with Crippen molar-refractivity contribution in [3.63, 3.8) is 0 Å². The summed E-state index contributed by atoms with van der Waals surface area (Å²) in [5.74, 6) is -1.34. The molecule has 2 aromatic rings. The SMILES string of the molecule is CCCn1nc(C(=O)OCc2cc(C#N)ccc2F)ccc1=O. The molecule has 0 unspecified atom stereocenters. The molecule has 0 atom stereocenters. The molecule has 118 valence electrons. The Morgan fingerprint density at radius 1 is 1.39 bits per heavy atom. The third kappa shape index (κ3) is 4.01. The number of ether oxygens (including phenoxy) is 1. The molecule has 6 nitrogen and oxygen atoms in total. The lowest BCUT2D eigenvalue weighted by Gasteiger charge is -2.07. The van der Waals surface area contributed by atoms with Crippen LogP contribution >= 0.6 is 0 Å². The Morgan fingerprint density at radius 3 is 2.87 bits per heavy atom. The first-order valence-electron chi connectivity index (χ1n) is 6.99. The molecular weight excluding hydrogens is 301 g/mol. The first-order chi connectivity index (χ1) is 11.0. The van der Waals surface area contributed by atoms with Gasteiger partial charge in [0.15, 0.2) is 5.69 Å². The Balaban J connectivity index is 2.13. The molecule has 1 aromatic carbocycles. The summed E-state index contributed by atoms with van der Waals surface area (Å²) in [6.07, 6.45) is 0.692. The summed E-state index contributed by atoms with van der Waals surface area (Å²) in [5.41, 5.74) is 0.0254. The maximum absolute atomic E-state index is 13.6. The summed E-state index contributed by atoms with van der Waals surface area (Å²) in [4.78, 5) is 23.5. The van der Waals surface area contributed by atoms with Crippen LogP contribution in [-0.2, 0) is 17.9 Å². The minimum Gasteiger partial charge on any atom is -0.456 e. The maximum atomic E-state index is 13.6. The van der Waals surface area contributed by atoms with E-state index >= 15 is 0 Å². The molecule has 0 bridgehead atoms. The molecule has 0 saturated heterocycles. The number of benzene rings is 1. The van der Waals surface area contributed by atoms with Crippen molar-refractivity contribution in [1.82, 2.24) is 9.78 Å². The molecule has 7 heteroatoms. The fourth-order valence-electron chi connectivity index (χ4n) is 1.90. The average Bonchev–Trinajstić information content (AvgIpc) is 2.56. The van der Waals surface area contributed by atoms with Crippen molar-refractivity contribution in [2.45, 2.75) is 26.5 Å². The monoisotopic (exact) mass is 315 g/mol. The predicted octanol–water partition coefficient (Wildman–Crippen LogP) is 2.02. The van der Waals surface area contributed by atoms with Gasteiger partial charge in [0.05, 0.1) is 11.6 Å². The molecule has 0 radical (unpaired) electrons. The number of aromatic nitrogens is 2. The van der Waals surface area contributed by atoms with E-state index in [4.69, 9.17) is 10.00 Å². The summed E-state index contributed by atoms with van der Waals surface area (Å²) >= 11 is 0. The minimum atomic E-state index is -0.767. The number of carbonyl (C=O) groups is 1. The molecule has 0 aliphatic heterocycles. The summed E-state index contributed by atoms with van der Waals surface area (Å²) in [5, 5.41) is 12.7. The van der Waals surface area contributed by atoms with E-state index in [-0.39, 0.29) is 29.0 Å². The van der Waals surface area contributed by atoms with E-state index in [9.17, 15) is 14.0 Å². The second-order valence-corrected chi connectivity index (χ2v) is 4.77. The summed E-state index contributed by atoms with van der Waals surface area (Å²) in [6.45, 7) is 1.94. The number of hydrogen-bond donors (Lipinski definition) is 0. The molecule has 0 fully saturated rings. The maximum Gasteiger partial charge on any atom is 0.359 e. The van der Waals surface area contributed by atoms with Crippen molar-refractivity contribution in [2.24, 2.45) is 0 Å². The molecular formula is C16H14FN3O3. The van der Waals surface area contributed by atoms with Gasteiger partial charge in [-0.2, -0.15) is 10.4 Å². The third-order valence-corrected chi connectivity index (χ3v) is 3.04. The normalized spacial score (nSPS) is 10.1. The molecule has 0 N–H and O–H groups in total. The van der Waals surface area contributed by atoms with Gasteiger partial charge in [-0.05, 0) is 30.7 Å². The van der Waals surface area contributed by atoms with E-state index in [1.807, 2.05) is 13.0 Å². The molecule has 1 aromatic heterocycles. The van der Waals surface area contributed by atoms with Gasteiger partial charge in [-0.25, -0.2) is 13.9 Å². The van der Waals surface area contributed by atoms with E-state index in [0.717, 1.165) is 6.07 Å². The van der Waals surface area contributed by atoms with Crippen LogP contribution in [0.15, 0.2) is 35.1 Å². The van der Waals surface area contributed by atoms with Crippen molar-refractivity contribution in [1.29, 1.82) is 5.26 Å². The Morgan fingerprint density at radius 2 is 2.17 bits per heavy atom. The molecule has 23 heavy (non-hydrogen) atoms. The van der Waals surface area contributed by atoms with Gasteiger partial charge in [0.2, 0.25) is 0 Å². The molecule has 1 heterocycles. The number of esters is 1. The van der Waals surface area contributed by atoms with Crippen LogP contribution in [0.25, 0.3) is 0 Å². The summed E-state index contributed by atoms with van der Waals surface area (Å²) < 4.78 is 19.8. The molecule has 0 saturated carbocycles. The van der Waals surface area contributed by atoms with Gasteiger partial charge in [0, 0.05) is 18.2 Å². The third-order valence-electron chi connectivity index (χ3n) is 3.04. The van der Waals surface area contributed by atoms with E-state index in [1.54, 1.807) is 0 Å². The van der Waals surface area contributed by atoms with E-state index < -0.39 is 11.8 Å². The lowest BCUT2D eigenvalue weighted by Crippen LogP contribution is -2.24. The van der Waals surface area contributed by atoms with Crippen molar-refractivity contribution >= 4 is 5.97 Å². The fourth-order valence-corrected chi connectivity index (χ4v) is 1.90. The number of aryl methyl sites for hydroxylation is 1. The number of carbonyl (C=O) groups excluding carboxylic acids is 1. The first kappa shape index (κ1) is 16.4. The quantitative estimate of drug-likeness (QED) is 0.788. The van der Waals surface area contributed by atoms with E-state index in [0.29, 0.717) is 13.0 Å². The van der Waals surface area contributed by atoms with E-state index in [2.05, 4.69) is 5.10 Å². The highest BCUT2D eigenvalue weighted by molar-refractivity contribution is 5.86. The highest BCUT2D eigenvalue weighted by Gasteiger charge is 2.13. The standard InChI is InChI=1S/C16H14FN3O3/c1-2-7-20-15(21)6-5-14(19-20)16(22)23-10-12-8-11(9-18)3-4-13(12)17/h3-6,8H,2,7,10H2,1H3. The van der Waals surface area contributed by atoms with Crippen LogP contribution in [0.2, 0.25) is 0 Å². The number of nitriles is 1. The first-order valence-corrected chi connectivity index (χ1v) is 6.99. The molecule has 0 aliphatic carbocycles. The van der Waals surface area contributed by atoms with Crippen LogP contribution < -0.4 is 5.56 Å². The second kappa shape index (κ2) is 7.31. The van der Waals surface area contributed by atoms with Gasteiger partial charge < -0.3 is 4.74 Å². The van der Waals surface area contributed by atoms with Crippen molar-refractivity contribution < 1.29 is 13.9 Å². The van der Waals surface area contributed by atoms with Crippen LogP contribution in [0, 0.1) is 17.1 Å². The van der Waals surface area contributed by atoms with Crippen LogP contribution in [0.5, 0.6) is 0 Å². The minimum absolute atomic E-state index is 0.0325.